The molecule has 2 aromatic carbocycles. The lowest BCUT2D eigenvalue weighted by Gasteiger charge is -2.17. The number of rotatable bonds is 8. The number of benzene rings is 2. The Morgan fingerprint density at radius 3 is 2.62 bits per heavy atom. The maximum atomic E-state index is 13.2. The van der Waals surface area contributed by atoms with Crippen LogP contribution in [0.4, 0.5) is 9.52 Å². The van der Waals surface area contributed by atoms with E-state index in [0.717, 1.165) is 11.3 Å². The third-order valence-corrected chi connectivity index (χ3v) is 6.29. The first-order valence-corrected chi connectivity index (χ1v) is 11.4. The summed E-state index contributed by atoms with van der Waals surface area (Å²) in [6.45, 7) is 4.08. The SMILES string of the molecule is C=CCN(C(=O)CSc1nnc(-c2ccc(F)cc2)n1N)c1nc(-c2ccccc2)cs1. The highest BCUT2D eigenvalue weighted by Crippen LogP contribution is 2.28. The number of amides is 1. The quantitative estimate of drug-likeness (QED) is 0.237. The molecule has 4 rings (SSSR count). The Balaban J connectivity index is 1.47. The van der Waals surface area contributed by atoms with Gasteiger partial charge in [-0.15, -0.1) is 28.1 Å². The molecule has 0 atom stereocenters. The molecular weight excluding hydrogens is 447 g/mol. The molecular formula is C22H19FN6OS2. The topological polar surface area (TPSA) is 89.9 Å². The van der Waals surface area contributed by atoms with Gasteiger partial charge in [0, 0.05) is 23.1 Å². The number of halogens is 1. The second-order valence-corrected chi connectivity index (χ2v) is 8.43. The van der Waals surface area contributed by atoms with Crippen molar-refractivity contribution < 1.29 is 9.18 Å². The zero-order chi connectivity index (χ0) is 22.5. The van der Waals surface area contributed by atoms with Gasteiger partial charge in [0.25, 0.3) is 0 Å². The Morgan fingerprint density at radius 2 is 1.91 bits per heavy atom. The van der Waals surface area contributed by atoms with Gasteiger partial charge >= 0.3 is 0 Å². The smallest absolute Gasteiger partial charge is 0.239 e. The van der Waals surface area contributed by atoms with Crippen molar-refractivity contribution in [1.82, 2.24) is 19.9 Å². The Hall–Kier alpha value is -3.50. The fourth-order valence-electron chi connectivity index (χ4n) is 2.92. The van der Waals surface area contributed by atoms with Crippen molar-refractivity contribution in [2.24, 2.45) is 0 Å². The van der Waals surface area contributed by atoms with E-state index in [4.69, 9.17) is 5.84 Å². The first kappa shape index (κ1) is 21.7. The van der Waals surface area contributed by atoms with Crippen LogP contribution in [0.1, 0.15) is 0 Å². The fourth-order valence-corrected chi connectivity index (χ4v) is 4.51. The summed E-state index contributed by atoms with van der Waals surface area (Å²) in [5.74, 6) is 6.07. The van der Waals surface area contributed by atoms with E-state index in [1.54, 1.807) is 23.1 Å². The molecule has 10 heteroatoms. The van der Waals surface area contributed by atoms with Gasteiger partial charge in [-0.3, -0.25) is 9.69 Å². The number of hydrogen-bond acceptors (Lipinski definition) is 7. The summed E-state index contributed by atoms with van der Waals surface area (Å²) in [4.78, 5) is 19.2. The number of aromatic nitrogens is 4. The molecule has 0 saturated heterocycles. The van der Waals surface area contributed by atoms with Crippen LogP contribution in [0.2, 0.25) is 0 Å². The average Bonchev–Trinajstić information content (AvgIpc) is 3.44. The average molecular weight is 467 g/mol. The number of nitrogens with zero attached hydrogens (tertiary/aromatic N) is 5. The molecule has 2 heterocycles. The van der Waals surface area contributed by atoms with Crippen LogP contribution in [-0.2, 0) is 4.79 Å². The second kappa shape index (κ2) is 9.75. The van der Waals surface area contributed by atoms with Crippen LogP contribution in [0.25, 0.3) is 22.6 Å². The Morgan fingerprint density at radius 1 is 1.16 bits per heavy atom. The van der Waals surface area contributed by atoms with Crippen molar-refractivity contribution in [3.8, 4) is 22.6 Å². The number of hydrogen-bond donors (Lipinski definition) is 1. The molecule has 2 aromatic heterocycles. The van der Waals surface area contributed by atoms with Crippen molar-refractivity contribution in [3.63, 3.8) is 0 Å². The van der Waals surface area contributed by atoms with Crippen molar-refractivity contribution >= 4 is 34.1 Å². The van der Waals surface area contributed by atoms with Crippen LogP contribution in [0, 0.1) is 5.82 Å². The zero-order valence-corrected chi connectivity index (χ0v) is 18.5. The van der Waals surface area contributed by atoms with Crippen LogP contribution in [0.5, 0.6) is 0 Å². The van der Waals surface area contributed by atoms with Gasteiger partial charge in [0.1, 0.15) is 5.82 Å². The number of carbonyl (C=O) groups excluding carboxylic acids is 1. The standard InChI is InChI=1S/C22H19FN6OS2/c1-2-12-28(21-25-18(13-31-21)15-6-4-3-5-7-15)19(30)14-32-22-27-26-20(29(22)24)16-8-10-17(23)11-9-16/h2-11,13H,1,12,14,24H2. The molecule has 0 aliphatic rings. The summed E-state index contributed by atoms with van der Waals surface area (Å²) < 4.78 is 14.5. The largest absolute Gasteiger partial charge is 0.335 e. The van der Waals surface area contributed by atoms with E-state index < -0.39 is 0 Å². The lowest BCUT2D eigenvalue weighted by molar-refractivity contribution is -0.116. The number of anilines is 1. The summed E-state index contributed by atoms with van der Waals surface area (Å²) in [6, 6.07) is 15.6. The normalized spacial score (nSPS) is 10.8. The van der Waals surface area contributed by atoms with Crippen LogP contribution in [-0.4, -0.2) is 38.1 Å². The zero-order valence-electron chi connectivity index (χ0n) is 16.9. The molecule has 0 aliphatic carbocycles. The highest BCUT2D eigenvalue weighted by atomic mass is 32.2. The summed E-state index contributed by atoms with van der Waals surface area (Å²) >= 11 is 2.56. The molecule has 32 heavy (non-hydrogen) atoms. The minimum atomic E-state index is -0.350. The third-order valence-electron chi connectivity index (χ3n) is 4.50. The highest BCUT2D eigenvalue weighted by molar-refractivity contribution is 7.99. The Kier molecular flexibility index (Phi) is 6.62. The lowest BCUT2D eigenvalue weighted by Crippen LogP contribution is -2.32. The van der Waals surface area contributed by atoms with Gasteiger partial charge in [-0.2, -0.15) is 0 Å². The second-order valence-electron chi connectivity index (χ2n) is 6.65. The van der Waals surface area contributed by atoms with Gasteiger partial charge in [0.05, 0.1) is 11.4 Å². The van der Waals surface area contributed by atoms with Crippen LogP contribution in [0.3, 0.4) is 0 Å². The maximum Gasteiger partial charge on any atom is 0.239 e. The molecule has 0 bridgehead atoms. The number of thioether (sulfide) groups is 1. The molecule has 0 saturated carbocycles. The molecule has 0 fully saturated rings. The summed E-state index contributed by atoms with van der Waals surface area (Å²) in [6.07, 6.45) is 1.66. The maximum absolute atomic E-state index is 13.2. The molecule has 162 valence electrons. The third kappa shape index (κ3) is 4.71. The number of carbonyl (C=O) groups is 1. The number of nitrogens with two attached hydrogens (primary N) is 1. The van der Waals surface area contributed by atoms with Crippen molar-refractivity contribution in [1.29, 1.82) is 0 Å². The van der Waals surface area contributed by atoms with Crippen LogP contribution < -0.4 is 10.7 Å². The summed E-state index contributed by atoms with van der Waals surface area (Å²) in [7, 11) is 0. The fraction of sp³-hybridized carbons (Fsp3) is 0.0909. The minimum Gasteiger partial charge on any atom is -0.335 e. The van der Waals surface area contributed by atoms with E-state index in [1.807, 2.05) is 35.7 Å². The van der Waals surface area contributed by atoms with Gasteiger partial charge in [0.15, 0.2) is 11.0 Å². The van der Waals surface area contributed by atoms with Crippen molar-refractivity contribution in [3.05, 3.63) is 78.4 Å². The van der Waals surface area contributed by atoms with Crippen molar-refractivity contribution in [2.45, 2.75) is 5.16 Å². The highest BCUT2D eigenvalue weighted by Gasteiger charge is 2.20. The predicted octanol–water partition coefficient (Wildman–Crippen LogP) is 4.23. The first-order chi connectivity index (χ1) is 15.6. The Bertz CT molecular complexity index is 1220. The predicted molar refractivity (Wildman–Crippen MR) is 126 cm³/mol. The van der Waals surface area contributed by atoms with Gasteiger partial charge in [-0.25, -0.2) is 14.1 Å². The molecule has 4 aromatic rings. The molecule has 0 unspecified atom stereocenters. The number of nitrogen functional groups attached to an aromatic ring is 1. The van der Waals surface area contributed by atoms with Crippen molar-refractivity contribution in [2.75, 3.05) is 23.0 Å². The monoisotopic (exact) mass is 466 g/mol. The molecule has 7 nitrogen and oxygen atoms in total. The van der Waals surface area contributed by atoms with Gasteiger partial charge in [0.2, 0.25) is 11.1 Å². The van der Waals surface area contributed by atoms with Gasteiger partial charge < -0.3 is 5.84 Å². The van der Waals surface area contributed by atoms with Gasteiger partial charge in [-0.1, -0.05) is 48.2 Å². The molecule has 0 radical (unpaired) electrons. The molecule has 2 N–H and O–H groups in total. The summed E-state index contributed by atoms with van der Waals surface area (Å²) in [5, 5.41) is 11.0. The van der Waals surface area contributed by atoms with E-state index in [9.17, 15) is 9.18 Å². The summed E-state index contributed by atoms with van der Waals surface area (Å²) in [5.41, 5.74) is 2.43. The molecule has 1 amide bonds. The van der Waals surface area contributed by atoms with Gasteiger partial charge in [-0.05, 0) is 24.3 Å². The van der Waals surface area contributed by atoms with Crippen LogP contribution >= 0.6 is 23.1 Å². The van der Waals surface area contributed by atoms with E-state index in [-0.39, 0.29) is 17.5 Å². The lowest BCUT2D eigenvalue weighted by atomic mass is 10.2. The first-order valence-electron chi connectivity index (χ1n) is 9.58. The minimum absolute atomic E-state index is 0.0901. The van der Waals surface area contributed by atoms with E-state index in [0.29, 0.717) is 28.2 Å². The van der Waals surface area contributed by atoms with Crippen LogP contribution in [0.15, 0.2) is 77.8 Å². The molecule has 0 aliphatic heterocycles. The number of thiazole rings is 1. The Labute approximate surface area is 192 Å². The van der Waals surface area contributed by atoms with E-state index in [2.05, 4.69) is 21.8 Å². The van der Waals surface area contributed by atoms with E-state index >= 15 is 0 Å². The van der Waals surface area contributed by atoms with E-state index in [1.165, 1.54) is 39.9 Å². The molecule has 0 spiro atoms.